The van der Waals surface area contributed by atoms with Crippen molar-refractivity contribution < 1.29 is 0 Å². The predicted octanol–water partition coefficient (Wildman–Crippen LogP) is 4.14. The van der Waals surface area contributed by atoms with Crippen LogP contribution in [0.3, 0.4) is 0 Å². The molecule has 0 amide bonds. The molecule has 2 heteroatoms. The van der Waals surface area contributed by atoms with E-state index < -0.39 is 0 Å². The molecule has 0 radical (unpaired) electrons. The summed E-state index contributed by atoms with van der Waals surface area (Å²) in [7, 11) is 0. The van der Waals surface area contributed by atoms with Gasteiger partial charge in [0.15, 0.2) is 0 Å². The van der Waals surface area contributed by atoms with Gasteiger partial charge in [-0.2, -0.15) is 10.5 Å². The Morgan fingerprint density at radius 2 is 1.43 bits per heavy atom. The lowest BCUT2D eigenvalue weighted by atomic mass is 10.0. The van der Waals surface area contributed by atoms with Crippen molar-refractivity contribution >= 4 is 0 Å². The van der Waals surface area contributed by atoms with E-state index in [4.69, 9.17) is 10.5 Å². The lowest BCUT2D eigenvalue weighted by molar-refractivity contribution is 0.561. The number of hydrogen-bond acceptors (Lipinski definition) is 2. The van der Waals surface area contributed by atoms with E-state index in [0.717, 1.165) is 6.42 Å². The average Bonchev–Trinajstić information content (AvgIpc) is 2.19. The summed E-state index contributed by atoms with van der Waals surface area (Å²) >= 11 is 0. The highest BCUT2D eigenvalue weighted by Crippen LogP contribution is 2.08. The minimum atomic E-state index is -0.153. The average molecular weight is 196 g/mol. The van der Waals surface area contributed by atoms with Crippen molar-refractivity contribution in [2.45, 2.75) is 54.9 Å². The number of hydrogen-bond donors (Lipinski definition) is 0. The maximum Gasteiger partial charge on any atom is 0.0680 e. The van der Waals surface area contributed by atoms with Crippen LogP contribution in [0.15, 0.2) is 0 Å². The fourth-order valence-corrected chi connectivity index (χ4v) is 0.0913. The van der Waals surface area contributed by atoms with Crippen molar-refractivity contribution in [1.82, 2.24) is 0 Å². The highest BCUT2D eigenvalue weighted by Gasteiger charge is 2.04. The Balaban J connectivity index is -0.000000147. The summed E-state index contributed by atoms with van der Waals surface area (Å²) in [5.41, 5.74) is -0.153. The van der Waals surface area contributed by atoms with Crippen molar-refractivity contribution in [1.29, 1.82) is 10.5 Å². The van der Waals surface area contributed by atoms with Crippen LogP contribution in [0.2, 0.25) is 0 Å². The van der Waals surface area contributed by atoms with E-state index in [1.165, 1.54) is 0 Å². The molecule has 14 heavy (non-hydrogen) atoms. The maximum absolute atomic E-state index is 8.15. The molecule has 0 rings (SSSR count). The highest BCUT2D eigenvalue weighted by molar-refractivity contribution is 4.86. The van der Waals surface area contributed by atoms with Crippen molar-refractivity contribution in [3.63, 3.8) is 0 Å². The van der Waals surface area contributed by atoms with Crippen LogP contribution in [-0.2, 0) is 0 Å². The molecule has 0 aliphatic carbocycles. The molecular weight excluding hydrogens is 172 g/mol. The Hall–Kier alpha value is -1.02. The van der Waals surface area contributed by atoms with E-state index >= 15 is 0 Å². The van der Waals surface area contributed by atoms with Crippen LogP contribution >= 0.6 is 0 Å². The molecule has 0 aromatic heterocycles. The second kappa shape index (κ2) is 12.0. The topological polar surface area (TPSA) is 47.6 Å². The second-order valence-electron chi connectivity index (χ2n) is 3.80. The van der Waals surface area contributed by atoms with Crippen LogP contribution in [0.1, 0.15) is 54.9 Å². The van der Waals surface area contributed by atoms with Gasteiger partial charge in [0.2, 0.25) is 0 Å². The first kappa shape index (κ1) is 18.7. The van der Waals surface area contributed by atoms with Crippen LogP contribution in [0, 0.1) is 34.0 Å². The largest absolute Gasteiger partial charge is 0.198 e. The summed E-state index contributed by atoms with van der Waals surface area (Å²) in [4.78, 5) is 0. The van der Waals surface area contributed by atoms with Gasteiger partial charge in [0, 0.05) is 11.3 Å². The van der Waals surface area contributed by atoms with Gasteiger partial charge < -0.3 is 0 Å². The smallest absolute Gasteiger partial charge is 0.0680 e. The van der Waals surface area contributed by atoms with Gasteiger partial charge in [0.1, 0.15) is 0 Å². The summed E-state index contributed by atoms with van der Waals surface area (Å²) in [5.74, 6) is 0.241. The van der Waals surface area contributed by atoms with E-state index in [1.54, 1.807) is 0 Å². The zero-order valence-electron chi connectivity index (χ0n) is 10.7. The van der Waals surface area contributed by atoms with Crippen LogP contribution in [0.4, 0.5) is 0 Å². The van der Waals surface area contributed by atoms with Crippen LogP contribution in [-0.4, -0.2) is 0 Å². The van der Waals surface area contributed by atoms with E-state index in [-0.39, 0.29) is 11.3 Å². The molecular formula is C12H24N2. The molecule has 1 atom stereocenters. The quantitative estimate of drug-likeness (QED) is 0.632. The predicted molar refractivity (Wildman–Crippen MR) is 61.5 cm³/mol. The first-order valence-corrected chi connectivity index (χ1v) is 5.18. The Bertz CT molecular complexity index is 176. The standard InChI is InChI=1S/2C5H9N.C2H6/c1-5(2,3)4-6;1-3-5(2)4-6;1-2/h1-3H3;5H,3H2,1-2H3;1-2H3. The molecule has 0 fully saturated rings. The summed E-state index contributed by atoms with van der Waals surface area (Å²) in [5, 5.41) is 16.2. The molecule has 2 nitrogen and oxygen atoms in total. The maximum atomic E-state index is 8.15. The summed E-state index contributed by atoms with van der Waals surface area (Å²) in [6, 6.07) is 4.22. The normalized spacial score (nSPS) is 10.4. The molecule has 0 aromatic rings. The molecule has 0 aliphatic rings. The number of nitrogens with zero attached hydrogens (tertiary/aromatic N) is 2. The SMILES string of the molecule is CC.CC(C)(C)C#N.CCC(C)C#N. The van der Waals surface area contributed by atoms with Gasteiger partial charge >= 0.3 is 0 Å². The van der Waals surface area contributed by atoms with Gasteiger partial charge in [-0.1, -0.05) is 20.8 Å². The zero-order valence-corrected chi connectivity index (χ0v) is 10.7. The van der Waals surface area contributed by atoms with Gasteiger partial charge in [-0.25, -0.2) is 0 Å². The van der Waals surface area contributed by atoms with Gasteiger partial charge in [-0.05, 0) is 34.1 Å². The molecule has 1 unspecified atom stereocenters. The monoisotopic (exact) mass is 196 g/mol. The van der Waals surface area contributed by atoms with E-state index in [2.05, 4.69) is 12.1 Å². The minimum Gasteiger partial charge on any atom is -0.198 e. The molecule has 0 aromatic carbocycles. The van der Waals surface area contributed by atoms with Gasteiger partial charge in [0.05, 0.1) is 12.1 Å². The van der Waals surface area contributed by atoms with Crippen molar-refractivity contribution in [2.24, 2.45) is 11.3 Å². The molecule has 0 saturated carbocycles. The Morgan fingerprint density at radius 3 is 1.43 bits per heavy atom. The Kier molecular flexibility index (Phi) is 16.0. The van der Waals surface area contributed by atoms with Gasteiger partial charge in [-0.3, -0.25) is 0 Å². The van der Waals surface area contributed by atoms with Crippen molar-refractivity contribution in [3.05, 3.63) is 0 Å². The van der Waals surface area contributed by atoms with E-state index in [0.29, 0.717) is 0 Å². The molecule has 0 spiro atoms. The number of nitriles is 2. The summed E-state index contributed by atoms with van der Waals surface area (Å²) < 4.78 is 0. The lowest BCUT2D eigenvalue weighted by Crippen LogP contribution is -1.97. The third-order valence-corrected chi connectivity index (χ3v) is 1.17. The number of rotatable bonds is 1. The second-order valence-corrected chi connectivity index (χ2v) is 3.80. The molecule has 0 saturated heterocycles. The molecule has 0 aliphatic heterocycles. The first-order chi connectivity index (χ1) is 6.37. The highest BCUT2D eigenvalue weighted by atomic mass is 14.3. The molecule has 0 N–H and O–H groups in total. The van der Waals surface area contributed by atoms with E-state index in [1.807, 2.05) is 48.5 Å². The van der Waals surface area contributed by atoms with Gasteiger partial charge in [0.25, 0.3) is 0 Å². The van der Waals surface area contributed by atoms with Crippen LogP contribution in [0.5, 0.6) is 0 Å². The lowest BCUT2D eigenvalue weighted by Gasteiger charge is -2.01. The van der Waals surface area contributed by atoms with Crippen LogP contribution < -0.4 is 0 Å². The summed E-state index contributed by atoms with van der Waals surface area (Å²) in [6.45, 7) is 13.6. The molecule has 0 bridgehead atoms. The first-order valence-electron chi connectivity index (χ1n) is 5.18. The fraction of sp³-hybridized carbons (Fsp3) is 0.833. The fourth-order valence-electron chi connectivity index (χ4n) is 0.0913. The molecule has 0 heterocycles. The van der Waals surface area contributed by atoms with Gasteiger partial charge in [-0.15, -0.1) is 0 Å². The third-order valence-electron chi connectivity index (χ3n) is 1.17. The zero-order chi connectivity index (χ0) is 12.2. The minimum absolute atomic E-state index is 0.153. The third kappa shape index (κ3) is 30.6. The Morgan fingerprint density at radius 1 is 1.14 bits per heavy atom. The Labute approximate surface area is 89.6 Å². The van der Waals surface area contributed by atoms with Crippen LogP contribution in [0.25, 0.3) is 0 Å². The van der Waals surface area contributed by atoms with Crippen molar-refractivity contribution in [3.8, 4) is 12.1 Å². The summed E-state index contributed by atoms with van der Waals surface area (Å²) in [6.07, 6.45) is 0.969. The van der Waals surface area contributed by atoms with Crippen molar-refractivity contribution in [2.75, 3.05) is 0 Å². The molecule has 82 valence electrons. The van der Waals surface area contributed by atoms with E-state index in [9.17, 15) is 0 Å².